The number of nitrogens with zero attached hydrogens (tertiary/aromatic N) is 6. The van der Waals surface area contributed by atoms with Crippen LogP contribution in [0.25, 0.3) is 0 Å². The van der Waals surface area contributed by atoms with Gasteiger partial charge in [-0.3, -0.25) is 8.61 Å². The van der Waals surface area contributed by atoms with Gasteiger partial charge in [-0.25, -0.2) is 67.9 Å². The summed E-state index contributed by atoms with van der Waals surface area (Å²) in [6.45, 7) is 13.5. The van der Waals surface area contributed by atoms with Crippen molar-refractivity contribution in [3.05, 3.63) is 153 Å². The lowest BCUT2D eigenvalue weighted by Gasteiger charge is -2.31. The molecule has 81 heavy (non-hydrogen) atoms. The van der Waals surface area contributed by atoms with Crippen LogP contribution < -0.4 is 24.6 Å². The molecule has 0 radical (unpaired) electrons. The molecule has 0 saturated heterocycles. The van der Waals surface area contributed by atoms with Crippen LogP contribution in [-0.4, -0.2) is 79.7 Å². The molecule has 10 rings (SSSR count). The van der Waals surface area contributed by atoms with Crippen molar-refractivity contribution in [2.24, 2.45) is 5.92 Å². The summed E-state index contributed by atoms with van der Waals surface area (Å²) in [5.41, 5.74) is 0.768. The van der Waals surface area contributed by atoms with Gasteiger partial charge < -0.3 is 20.7 Å². The molecule has 0 spiro atoms. The summed E-state index contributed by atoms with van der Waals surface area (Å²) in [4.78, 5) is 29.7. The number of amides is 1. The van der Waals surface area contributed by atoms with Gasteiger partial charge in [0.2, 0.25) is 0 Å². The van der Waals surface area contributed by atoms with Crippen molar-refractivity contribution in [2.45, 2.75) is 152 Å². The number of anilines is 4. The summed E-state index contributed by atoms with van der Waals surface area (Å²) >= 11 is 0. The van der Waals surface area contributed by atoms with Crippen LogP contribution in [-0.2, 0) is 24.8 Å². The van der Waals surface area contributed by atoms with Crippen molar-refractivity contribution in [1.29, 1.82) is 0 Å². The lowest BCUT2D eigenvalue weighted by atomic mass is 9.87. The summed E-state index contributed by atoms with van der Waals surface area (Å²) in [6, 6.07) is 15.4. The van der Waals surface area contributed by atoms with Crippen molar-refractivity contribution >= 4 is 49.2 Å². The number of aromatic nitrogens is 4. The number of halogens is 6. The largest absolute Gasteiger partial charge is 0.444 e. The monoisotopic (exact) mass is 1160 g/mol. The predicted molar refractivity (Wildman–Crippen MR) is 295 cm³/mol. The first-order valence-electron chi connectivity index (χ1n) is 26.9. The fourth-order valence-electron chi connectivity index (χ4n) is 11.0. The Balaban J connectivity index is 0.000000198. The molecule has 3 N–H and O–H groups in total. The normalized spacial score (nSPS) is 20.9. The van der Waals surface area contributed by atoms with Gasteiger partial charge >= 0.3 is 6.09 Å². The van der Waals surface area contributed by atoms with Gasteiger partial charge in [0.1, 0.15) is 28.9 Å². The maximum Gasteiger partial charge on any atom is 0.407 e. The second-order valence-corrected chi connectivity index (χ2v) is 26.3. The van der Waals surface area contributed by atoms with Gasteiger partial charge in [0, 0.05) is 43.3 Å². The highest BCUT2D eigenvalue weighted by molar-refractivity contribution is 7.93. The third kappa shape index (κ3) is 12.7. The lowest BCUT2D eigenvalue weighted by Crippen LogP contribution is -2.44. The van der Waals surface area contributed by atoms with Gasteiger partial charge in [0.25, 0.3) is 20.0 Å². The van der Waals surface area contributed by atoms with E-state index in [1.165, 1.54) is 38.1 Å². The number of aryl methyl sites for hydroxylation is 4. The summed E-state index contributed by atoms with van der Waals surface area (Å²) in [7, 11) is -8.42. The fourth-order valence-corrected chi connectivity index (χ4v) is 14.1. The second kappa shape index (κ2) is 23.1. The molecule has 2 aromatic heterocycles. The number of benzene rings is 4. The number of ether oxygens (including phenoxy) is 1. The minimum atomic E-state index is -4.24. The summed E-state index contributed by atoms with van der Waals surface area (Å²) < 4.78 is 151. The highest BCUT2D eigenvalue weighted by Crippen LogP contribution is 2.46. The average Bonchev–Trinajstić information content (AvgIpc) is 4.02. The molecule has 2 saturated carbocycles. The number of hydrogen-bond acceptors (Lipinski definition) is 12. The van der Waals surface area contributed by atoms with E-state index >= 15 is 17.6 Å². The molecular weight excluding hydrogens is 1100 g/mol. The highest BCUT2D eigenvalue weighted by atomic mass is 32.2. The zero-order valence-electron chi connectivity index (χ0n) is 46.2. The molecule has 4 aromatic carbocycles. The topological polar surface area (TPSA) is 189 Å². The number of rotatable bonds is 11. The van der Waals surface area contributed by atoms with Crippen LogP contribution in [0.15, 0.2) is 82.6 Å². The molecular formula is C58H65F6N9O6S2. The predicted octanol–water partition coefficient (Wildman–Crippen LogP) is 11.9. The molecule has 4 heterocycles. The minimum absolute atomic E-state index is 0.00462. The SMILES string of the molecule is Cc1ccc(S(=O)(=O)N2CC(c3nc(C)c(F)c(N[C@H]4CCC[C@@H](C)C4)n3)c3cc(F)cc(F)c32)cc1.Cc1ccc(S(=O)(=O)N2CC(c3nc(C)c(F)c(N[C@H]4CCC[C@@H](NC(=O)OC(C)(C)C)C4)n3)c3cc(F)cc(F)c32)cc1. The molecule has 4 aliphatic rings. The number of alkyl carbamates (subject to hydrolysis) is 1. The van der Waals surface area contributed by atoms with Gasteiger partial charge in [-0.2, -0.15) is 0 Å². The van der Waals surface area contributed by atoms with Crippen LogP contribution >= 0.6 is 0 Å². The van der Waals surface area contributed by atoms with Crippen molar-refractivity contribution in [3.63, 3.8) is 0 Å². The lowest BCUT2D eigenvalue weighted by molar-refractivity contribution is 0.0491. The zero-order chi connectivity index (χ0) is 58.5. The molecule has 1 amide bonds. The molecule has 2 aliphatic heterocycles. The summed E-state index contributed by atoms with van der Waals surface area (Å²) in [5, 5.41) is 9.19. The first-order chi connectivity index (χ1) is 38.2. The van der Waals surface area contributed by atoms with Crippen LogP contribution in [0, 0.1) is 68.5 Å². The van der Waals surface area contributed by atoms with E-state index in [1.54, 1.807) is 45.0 Å². The third-order valence-electron chi connectivity index (χ3n) is 15.0. The molecule has 2 unspecified atom stereocenters. The van der Waals surface area contributed by atoms with E-state index in [2.05, 4.69) is 42.8 Å². The number of carbonyl (C=O) groups is 1. The fraction of sp³-hybridized carbons (Fsp3) is 0.431. The second-order valence-electron chi connectivity index (χ2n) is 22.6. The van der Waals surface area contributed by atoms with E-state index in [0.717, 1.165) is 70.4 Å². The molecule has 2 fully saturated rings. The minimum Gasteiger partial charge on any atom is -0.444 e. The van der Waals surface area contributed by atoms with Gasteiger partial charge in [-0.05, 0) is 140 Å². The number of carbonyl (C=O) groups excluding carboxylic acids is 1. The Bertz CT molecular complexity index is 3590. The van der Waals surface area contributed by atoms with Crippen LogP contribution in [0.3, 0.4) is 0 Å². The molecule has 6 atom stereocenters. The van der Waals surface area contributed by atoms with Crippen molar-refractivity contribution < 1.29 is 52.7 Å². The summed E-state index contributed by atoms with van der Waals surface area (Å²) in [6.07, 6.45) is 6.05. The van der Waals surface area contributed by atoms with Crippen molar-refractivity contribution in [3.8, 4) is 0 Å². The van der Waals surface area contributed by atoms with E-state index in [0.29, 0.717) is 30.9 Å². The Kier molecular flexibility index (Phi) is 16.7. The molecule has 2 aliphatic carbocycles. The van der Waals surface area contributed by atoms with Crippen LogP contribution in [0.1, 0.15) is 136 Å². The molecule has 0 bridgehead atoms. The smallest absolute Gasteiger partial charge is 0.407 e. The Morgan fingerprint density at radius 3 is 1.41 bits per heavy atom. The molecule has 15 nitrogen and oxygen atoms in total. The molecule has 432 valence electrons. The highest BCUT2D eigenvalue weighted by Gasteiger charge is 2.44. The van der Waals surface area contributed by atoms with Gasteiger partial charge in [-0.1, -0.05) is 55.2 Å². The van der Waals surface area contributed by atoms with Crippen LogP contribution in [0.2, 0.25) is 0 Å². The van der Waals surface area contributed by atoms with E-state index in [-0.39, 0.29) is 98.2 Å². The first-order valence-corrected chi connectivity index (χ1v) is 29.8. The number of fused-ring (bicyclic) bond motifs is 2. The van der Waals surface area contributed by atoms with E-state index < -0.39 is 78.5 Å². The van der Waals surface area contributed by atoms with E-state index in [9.17, 15) is 30.4 Å². The number of nitrogens with one attached hydrogen (secondary N) is 3. The maximum atomic E-state index is 15.4. The van der Waals surface area contributed by atoms with Crippen molar-refractivity contribution in [1.82, 2.24) is 25.3 Å². The van der Waals surface area contributed by atoms with Gasteiger partial charge in [0.05, 0.1) is 44.4 Å². The summed E-state index contributed by atoms with van der Waals surface area (Å²) in [5.74, 6) is -6.34. The zero-order valence-corrected chi connectivity index (χ0v) is 47.8. The van der Waals surface area contributed by atoms with Crippen LogP contribution in [0.5, 0.6) is 0 Å². The van der Waals surface area contributed by atoms with Gasteiger partial charge in [0.15, 0.2) is 34.9 Å². The van der Waals surface area contributed by atoms with E-state index in [1.807, 2.05) is 13.8 Å². The average molecular weight is 1160 g/mol. The molecule has 23 heteroatoms. The maximum absolute atomic E-state index is 15.4. The number of sulfonamides is 2. The Morgan fingerprint density at radius 2 is 0.988 bits per heavy atom. The first kappa shape index (κ1) is 58.6. The standard InChI is InChI=1S/C31H36F3N5O4S.C27H29F3N4O2S/c1-17-9-11-22(12-10-17)44(41,42)39-16-24(23-13-19(32)14-25(33)27(23)39)28-35-18(2)26(34)29(38-28)36-20-7-6-8-21(15-20)37-30(40)43-31(3,4)5;1-15-7-9-20(10-8-15)37(35,36)34-14-22(21-12-18(28)13-23(29)25(21)34)26-31-17(3)24(30)27(33-26)32-19-6-4-5-16(2)11-19/h9-14,20-21,24H,6-8,15-16H2,1-5H3,(H,37,40)(H,35,36,38);7-10,12-13,16,19,22H,4-6,11,14H2,1-3H3,(H,31,32,33)/t20-,21+,24?;16-,19+,22?/m01/s1. The Labute approximate surface area is 468 Å². The Morgan fingerprint density at radius 1 is 0.580 bits per heavy atom. The quantitative estimate of drug-likeness (QED) is 0.104. The van der Waals surface area contributed by atoms with Gasteiger partial charge in [-0.15, -0.1) is 0 Å². The molecule has 6 aromatic rings. The third-order valence-corrected chi connectivity index (χ3v) is 18.5. The van der Waals surface area contributed by atoms with E-state index in [4.69, 9.17) is 4.74 Å². The Hall–Kier alpha value is -7.01. The number of hydrogen-bond donors (Lipinski definition) is 3. The van der Waals surface area contributed by atoms with Crippen molar-refractivity contribution in [2.75, 3.05) is 32.3 Å². The van der Waals surface area contributed by atoms with Crippen LogP contribution in [0.4, 0.5) is 54.1 Å².